The van der Waals surface area contributed by atoms with Gasteiger partial charge in [-0.25, -0.2) is 29.3 Å². The number of rotatable bonds is 10. The van der Waals surface area contributed by atoms with E-state index in [2.05, 4.69) is 25.1 Å². The Morgan fingerprint density at radius 1 is 0.820 bits per heavy atom. The molecule has 0 aliphatic carbocycles. The zero-order valence-corrected chi connectivity index (χ0v) is 26.2. The molecule has 19 heteroatoms. The molecule has 0 bridgehead atoms. The molecule has 2 heterocycles. The van der Waals surface area contributed by atoms with Crippen LogP contribution in [0.1, 0.15) is 46.7 Å². The van der Waals surface area contributed by atoms with Crippen LogP contribution in [0.4, 0.5) is 55.9 Å². The van der Waals surface area contributed by atoms with E-state index in [1.807, 2.05) is 4.90 Å². The number of carbonyl (C=O) groups is 2. The quantitative estimate of drug-likeness (QED) is 0.139. The minimum absolute atomic E-state index is 0.0341. The average molecular weight is 724 g/mol. The van der Waals surface area contributed by atoms with Crippen molar-refractivity contribution < 1.29 is 63.6 Å². The Balaban J connectivity index is 1.71. The number of aromatic nitrogens is 2. The Morgan fingerprint density at radius 3 is 1.98 bits per heavy atom. The first-order chi connectivity index (χ1) is 23.4. The topological polar surface area (TPSA) is 106 Å². The number of amides is 1. The zero-order chi connectivity index (χ0) is 36.7. The highest BCUT2D eigenvalue weighted by Gasteiger charge is 2.37. The molecule has 0 unspecified atom stereocenters. The number of alkyl halides is 9. The number of benzene rings is 2. The van der Waals surface area contributed by atoms with Crippen molar-refractivity contribution in [1.29, 1.82) is 0 Å². The molecule has 1 aliphatic rings. The predicted octanol–water partition coefficient (Wildman–Crippen LogP) is 6.71. The number of morpholine rings is 1. The van der Waals surface area contributed by atoms with Gasteiger partial charge in [0, 0.05) is 39.1 Å². The lowest BCUT2D eigenvalue weighted by atomic mass is 9.99. The average Bonchev–Trinajstić information content (AvgIpc) is 3.06. The molecular weight excluding hydrogens is 693 g/mol. The van der Waals surface area contributed by atoms with Crippen molar-refractivity contribution in [1.82, 2.24) is 15.3 Å². The van der Waals surface area contributed by atoms with Crippen molar-refractivity contribution in [2.24, 2.45) is 0 Å². The van der Waals surface area contributed by atoms with Crippen molar-refractivity contribution in [2.75, 3.05) is 42.6 Å². The number of carbonyl (C=O) groups excluding carboxylic acids is 2. The minimum Gasteiger partial charge on any atom is -0.378 e. The van der Waals surface area contributed by atoms with Gasteiger partial charge in [-0.05, 0) is 53.4 Å². The molecule has 1 amide bonds. The van der Waals surface area contributed by atoms with Crippen molar-refractivity contribution in [3.05, 3.63) is 82.2 Å². The molecule has 1 fully saturated rings. The van der Waals surface area contributed by atoms with E-state index in [9.17, 15) is 49.1 Å². The molecule has 272 valence electrons. The highest BCUT2D eigenvalue weighted by Crippen LogP contribution is 2.37. The summed E-state index contributed by atoms with van der Waals surface area (Å²) in [5, 5.41) is 2.26. The standard InChI is InChI=1S/C31H30F9N5O5/c1-2-26(46)49-50-28(47)41-6-5-20-3-4-22(29(32,33)34)13-21(20)18-45(27-42-15-25(16-43-27)44-7-9-48-10-8-44)17-19-11-23(30(35,36)37)14-24(12-19)31(38,39)40/h3-4,11-16H,2,5-10,17-18H2,1H3,(H,41,47). The van der Waals surface area contributed by atoms with Gasteiger partial charge in [0.2, 0.25) is 5.95 Å². The van der Waals surface area contributed by atoms with Crippen molar-refractivity contribution in [2.45, 2.75) is 51.4 Å². The lowest BCUT2D eigenvalue weighted by molar-refractivity contribution is -0.231. The number of hydrogen-bond acceptors (Lipinski definition) is 9. The second kappa shape index (κ2) is 15.8. The van der Waals surface area contributed by atoms with E-state index in [0.717, 1.165) is 23.1 Å². The zero-order valence-electron chi connectivity index (χ0n) is 26.2. The fraction of sp³-hybridized carbons (Fsp3) is 0.419. The van der Waals surface area contributed by atoms with Crippen molar-refractivity contribution >= 4 is 23.7 Å². The molecule has 3 aromatic rings. The van der Waals surface area contributed by atoms with Crippen LogP contribution in [0.15, 0.2) is 48.8 Å². The fourth-order valence-electron chi connectivity index (χ4n) is 4.86. The molecule has 1 aromatic heterocycles. The number of nitrogens with zero attached hydrogens (tertiary/aromatic N) is 4. The summed E-state index contributed by atoms with van der Waals surface area (Å²) in [6.07, 6.45) is -13.7. The van der Waals surface area contributed by atoms with Gasteiger partial charge in [-0.2, -0.15) is 39.5 Å². The van der Waals surface area contributed by atoms with Gasteiger partial charge in [-0.15, -0.1) is 0 Å². The molecule has 1 aliphatic heterocycles. The van der Waals surface area contributed by atoms with Gasteiger partial charge >= 0.3 is 30.6 Å². The third-order valence-corrected chi connectivity index (χ3v) is 7.36. The normalized spacial score (nSPS) is 13.9. The summed E-state index contributed by atoms with van der Waals surface area (Å²) in [6.45, 7) is 1.86. The molecule has 0 spiro atoms. The highest BCUT2D eigenvalue weighted by molar-refractivity contribution is 5.71. The summed E-state index contributed by atoms with van der Waals surface area (Å²) < 4.78 is 129. The Hall–Kier alpha value is -4.81. The van der Waals surface area contributed by atoms with Crippen LogP contribution in [-0.4, -0.2) is 54.9 Å². The maximum absolute atomic E-state index is 13.8. The molecule has 10 nitrogen and oxygen atoms in total. The summed E-state index contributed by atoms with van der Waals surface area (Å²) in [6, 6.07) is 3.67. The van der Waals surface area contributed by atoms with Crippen LogP contribution in [0.25, 0.3) is 0 Å². The lowest BCUT2D eigenvalue weighted by Crippen LogP contribution is -2.36. The molecule has 0 atom stereocenters. The molecule has 0 saturated carbocycles. The van der Waals surface area contributed by atoms with Crippen molar-refractivity contribution in [3.63, 3.8) is 0 Å². The Labute approximate surface area is 279 Å². The van der Waals surface area contributed by atoms with Gasteiger partial charge in [0.1, 0.15) is 0 Å². The highest BCUT2D eigenvalue weighted by atomic mass is 19.4. The van der Waals surface area contributed by atoms with E-state index in [1.54, 1.807) is 0 Å². The Morgan fingerprint density at radius 2 is 1.42 bits per heavy atom. The van der Waals surface area contributed by atoms with Gasteiger partial charge in [0.15, 0.2) is 0 Å². The summed E-state index contributed by atoms with van der Waals surface area (Å²) in [4.78, 5) is 43.2. The van der Waals surface area contributed by atoms with E-state index < -0.39 is 65.9 Å². The Bertz CT molecular complexity index is 1590. The first kappa shape index (κ1) is 38.0. The van der Waals surface area contributed by atoms with E-state index in [-0.39, 0.29) is 42.5 Å². The fourth-order valence-corrected chi connectivity index (χ4v) is 4.86. The largest absolute Gasteiger partial charge is 0.450 e. The molecule has 1 N–H and O–H groups in total. The third-order valence-electron chi connectivity index (χ3n) is 7.36. The molecule has 2 aromatic carbocycles. The van der Waals surface area contributed by atoms with Gasteiger partial charge in [0.25, 0.3) is 0 Å². The first-order valence-corrected chi connectivity index (χ1v) is 15.0. The molecule has 50 heavy (non-hydrogen) atoms. The first-order valence-electron chi connectivity index (χ1n) is 15.0. The van der Waals surface area contributed by atoms with Gasteiger partial charge in [-0.3, -0.25) is 0 Å². The van der Waals surface area contributed by atoms with Crippen LogP contribution in [0.2, 0.25) is 0 Å². The van der Waals surface area contributed by atoms with E-state index in [4.69, 9.17) is 4.74 Å². The summed E-state index contributed by atoms with van der Waals surface area (Å²) in [5.41, 5.74) is -3.99. The predicted molar refractivity (Wildman–Crippen MR) is 157 cm³/mol. The van der Waals surface area contributed by atoms with Crippen LogP contribution < -0.4 is 15.1 Å². The van der Waals surface area contributed by atoms with Crippen LogP contribution >= 0.6 is 0 Å². The van der Waals surface area contributed by atoms with Crippen LogP contribution in [-0.2, 0) is 57.3 Å². The summed E-state index contributed by atoms with van der Waals surface area (Å²) in [5.74, 6) is -1.04. The molecule has 0 radical (unpaired) electrons. The maximum Gasteiger partial charge on any atom is 0.450 e. The third kappa shape index (κ3) is 10.6. The number of ether oxygens (including phenoxy) is 1. The van der Waals surface area contributed by atoms with E-state index in [1.165, 1.54) is 19.3 Å². The summed E-state index contributed by atoms with van der Waals surface area (Å²) >= 11 is 0. The number of hydrogen-bond donors (Lipinski definition) is 1. The van der Waals surface area contributed by atoms with Crippen molar-refractivity contribution in [3.8, 4) is 0 Å². The van der Waals surface area contributed by atoms with Crippen LogP contribution in [0.5, 0.6) is 0 Å². The van der Waals surface area contributed by atoms with Gasteiger partial charge < -0.3 is 19.9 Å². The molecular formula is C31H30F9N5O5. The molecule has 1 saturated heterocycles. The van der Waals surface area contributed by atoms with Crippen LogP contribution in [0, 0.1) is 0 Å². The van der Waals surface area contributed by atoms with Gasteiger partial charge in [0.05, 0.1) is 48.0 Å². The minimum atomic E-state index is -5.14. The monoisotopic (exact) mass is 723 g/mol. The van der Waals surface area contributed by atoms with E-state index in [0.29, 0.717) is 44.1 Å². The number of halogens is 9. The number of anilines is 2. The van der Waals surface area contributed by atoms with Gasteiger partial charge in [-0.1, -0.05) is 13.0 Å². The molecule has 4 rings (SSSR count). The van der Waals surface area contributed by atoms with E-state index >= 15 is 0 Å². The second-order valence-corrected chi connectivity index (χ2v) is 10.9. The lowest BCUT2D eigenvalue weighted by Gasteiger charge is -2.29. The van der Waals surface area contributed by atoms with Crippen LogP contribution in [0.3, 0.4) is 0 Å². The second-order valence-electron chi connectivity index (χ2n) is 10.9. The summed E-state index contributed by atoms with van der Waals surface area (Å²) in [7, 11) is 0. The maximum atomic E-state index is 13.8. The SMILES string of the molecule is CCC(=O)OOC(=O)NCCc1ccc(C(F)(F)F)cc1CN(Cc1cc(C(F)(F)F)cc(C(F)(F)F)c1)c1ncc(N2CCOCC2)cn1. The smallest absolute Gasteiger partial charge is 0.378 e. The number of nitrogens with one attached hydrogen (secondary N) is 1. The Kier molecular flexibility index (Phi) is 12.0.